The topological polar surface area (TPSA) is 80.1 Å². The highest BCUT2D eigenvalue weighted by molar-refractivity contribution is 7.99. The Balaban J connectivity index is 1.55. The van der Waals surface area contributed by atoms with Gasteiger partial charge in [0.25, 0.3) is 0 Å². The van der Waals surface area contributed by atoms with E-state index in [1.165, 1.54) is 22.9 Å². The Labute approximate surface area is 179 Å². The van der Waals surface area contributed by atoms with Crippen molar-refractivity contribution < 1.29 is 9.53 Å². The van der Waals surface area contributed by atoms with Crippen LogP contribution in [0.15, 0.2) is 82.6 Å². The molecule has 1 heterocycles. The van der Waals surface area contributed by atoms with Gasteiger partial charge in [-0.1, -0.05) is 71.9 Å². The molecule has 0 bridgehead atoms. The van der Waals surface area contributed by atoms with Crippen LogP contribution in [-0.4, -0.2) is 11.1 Å². The zero-order chi connectivity index (χ0) is 20.9. The molecular weight excluding hydrogens is 394 g/mol. The average molecular weight is 418 g/mol. The number of benzene rings is 3. The molecule has 0 radical (unpaired) electrons. The lowest BCUT2D eigenvalue weighted by Crippen LogP contribution is -2.16. The van der Waals surface area contributed by atoms with Crippen LogP contribution in [0.25, 0.3) is 10.9 Å². The highest BCUT2D eigenvalue weighted by Gasteiger charge is 2.16. The minimum atomic E-state index is -0.837. The Bertz CT molecular complexity index is 1170. The SMILES string of the molecule is Cc1cccc(CNCc2ccc3c(Sc4ccccc4)c(OC(N)=O)[nH]c3c2)c1. The maximum atomic E-state index is 11.4. The molecule has 0 spiro atoms. The molecule has 1 aromatic heterocycles. The Kier molecular flexibility index (Phi) is 6.07. The summed E-state index contributed by atoms with van der Waals surface area (Å²) in [6, 6.07) is 24.6. The van der Waals surface area contributed by atoms with E-state index < -0.39 is 6.09 Å². The number of nitrogens with two attached hydrogens (primary N) is 1. The predicted molar refractivity (Wildman–Crippen MR) is 121 cm³/mol. The van der Waals surface area contributed by atoms with Crippen LogP contribution in [0.1, 0.15) is 16.7 Å². The summed E-state index contributed by atoms with van der Waals surface area (Å²) in [7, 11) is 0. The summed E-state index contributed by atoms with van der Waals surface area (Å²) < 4.78 is 5.24. The first-order chi connectivity index (χ1) is 14.6. The fourth-order valence-electron chi connectivity index (χ4n) is 3.36. The van der Waals surface area contributed by atoms with Gasteiger partial charge in [-0.3, -0.25) is 0 Å². The number of aromatic nitrogens is 1. The number of ether oxygens (including phenoxy) is 1. The first-order valence-corrected chi connectivity index (χ1v) is 10.5. The summed E-state index contributed by atoms with van der Waals surface area (Å²) in [5.74, 6) is 0.372. The molecule has 0 unspecified atom stereocenters. The van der Waals surface area contributed by atoms with Gasteiger partial charge in [0.2, 0.25) is 5.88 Å². The third kappa shape index (κ3) is 4.84. The van der Waals surface area contributed by atoms with Crippen LogP contribution in [0.3, 0.4) is 0 Å². The normalized spacial score (nSPS) is 11.0. The Morgan fingerprint density at radius 3 is 2.50 bits per heavy atom. The maximum Gasteiger partial charge on any atom is 0.411 e. The van der Waals surface area contributed by atoms with E-state index in [2.05, 4.69) is 59.7 Å². The maximum absolute atomic E-state index is 11.4. The van der Waals surface area contributed by atoms with Crippen LogP contribution in [0.5, 0.6) is 5.88 Å². The minimum Gasteiger partial charge on any atom is -0.392 e. The van der Waals surface area contributed by atoms with E-state index >= 15 is 0 Å². The fourth-order valence-corrected chi connectivity index (χ4v) is 4.36. The van der Waals surface area contributed by atoms with E-state index in [1.54, 1.807) is 0 Å². The molecule has 5 nitrogen and oxygen atoms in total. The highest BCUT2D eigenvalue weighted by Crippen LogP contribution is 2.40. The van der Waals surface area contributed by atoms with Crippen molar-refractivity contribution in [1.82, 2.24) is 10.3 Å². The molecule has 0 aliphatic carbocycles. The van der Waals surface area contributed by atoms with Crippen LogP contribution < -0.4 is 15.8 Å². The first-order valence-electron chi connectivity index (χ1n) is 9.69. The van der Waals surface area contributed by atoms with Crippen molar-refractivity contribution in [2.45, 2.75) is 29.8 Å². The number of hydrogen-bond donors (Lipinski definition) is 3. The molecule has 30 heavy (non-hydrogen) atoms. The quantitative estimate of drug-likeness (QED) is 0.377. The number of amides is 1. The predicted octanol–water partition coefficient (Wildman–Crippen LogP) is 5.37. The van der Waals surface area contributed by atoms with Gasteiger partial charge in [-0.25, -0.2) is 4.79 Å². The second-order valence-electron chi connectivity index (χ2n) is 7.09. The van der Waals surface area contributed by atoms with Gasteiger partial charge in [-0.15, -0.1) is 0 Å². The Morgan fingerprint density at radius 1 is 1.00 bits per heavy atom. The molecule has 6 heteroatoms. The number of aryl methyl sites for hydroxylation is 1. The van der Waals surface area contributed by atoms with E-state index in [0.29, 0.717) is 5.88 Å². The molecule has 0 aliphatic heterocycles. The first kappa shape index (κ1) is 20.1. The highest BCUT2D eigenvalue weighted by atomic mass is 32.2. The largest absolute Gasteiger partial charge is 0.411 e. The van der Waals surface area contributed by atoms with Gasteiger partial charge in [0.1, 0.15) is 0 Å². The molecule has 0 aliphatic rings. The zero-order valence-electron chi connectivity index (χ0n) is 16.6. The molecule has 4 rings (SSSR count). The van der Waals surface area contributed by atoms with Gasteiger partial charge in [0.05, 0.1) is 4.90 Å². The zero-order valence-corrected chi connectivity index (χ0v) is 17.5. The number of fused-ring (bicyclic) bond motifs is 1. The molecule has 0 saturated carbocycles. The van der Waals surface area contributed by atoms with E-state index in [9.17, 15) is 4.79 Å². The smallest absolute Gasteiger partial charge is 0.392 e. The summed E-state index contributed by atoms with van der Waals surface area (Å²) in [4.78, 5) is 16.5. The van der Waals surface area contributed by atoms with E-state index in [1.807, 2.05) is 30.3 Å². The molecule has 0 atom stereocenters. The standard InChI is InChI=1S/C24H23N3O2S/c1-16-6-5-7-17(12-16)14-26-15-18-10-11-20-21(13-18)27-23(29-24(25)28)22(20)30-19-8-3-2-4-9-19/h2-13,26-27H,14-15H2,1H3,(H2,25,28). The number of nitrogens with one attached hydrogen (secondary N) is 2. The molecule has 4 N–H and O–H groups in total. The molecular formula is C24H23N3O2S. The van der Waals surface area contributed by atoms with Crippen molar-refractivity contribution in [2.24, 2.45) is 5.73 Å². The van der Waals surface area contributed by atoms with Crippen molar-refractivity contribution in [2.75, 3.05) is 0 Å². The van der Waals surface area contributed by atoms with Crippen LogP contribution in [-0.2, 0) is 13.1 Å². The van der Waals surface area contributed by atoms with Gasteiger partial charge < -0.3 is 20.8 Å². The summed E-state index contributed by atoms with van der Waals surface area (Å²) in [6.45, 7) is 3.63. The third-order valence-corrected chi connectivity index (χ3v) is 5.81. The summed E-state index contributed by atoms with van der Waals surface area (Å²) >= 11 is 1.54. The number of carbonyl (C=O) groups excluding carboxylic acids is 1. The van der Waals surface area contributed by atoms with E-state index in [4.69, 9.17) is 10.5 Å². The number of H-pyrrole nitrogens is 1. The summed E-state index contributed by atoms with van der Waals surface area (Å²) in [6.07, 6.45) is -0.837. The number of rotatable bonds is 7. The van der Waals surface area contributed by atoms with E-state index in [-0.39, 0.29) is 0 Å². The lowest BCUT2D eigenvalue weighted by Gasteiger charge is -2.07. The van der Waals surface area contributed by atoms with Crippen LogP contribution in [0.4, 0.5) is 4.79 Å². The third-order valence-electron chi connectivity index (χ3n) is 4.69. The van der Waals surface area contributed by atoms with Gasteiger partial charge in [-0.05, 0) is 36.2 Å². The Hall–Kier alpha value is -3.22. The molecule has 0 saturated heterocycles. The van der Waals surface area contributed by atoms with Crippen molar-refractivity contribution in [3.8, 4) is 5.88 Å². The van der Waals surface area contributed by atoms with Crippen LogP contribution in [0, 0.1) is 6.92 Å². The van der Waals surface area contributed by atoms with Gasteiger partial charge >= 0.3 is 6.09 Å². The van der Waals surface area contributed by atoms with Gasteiger partial charge in [0.15, 0.2) is 0 Å². The second kappa shape index (κ2) is 9.07. The Morgan fingerprint density at radius 2 is 1.77 bits per heavy atom. The van der Waals surface area contributed by atoms with E-state index in [0.717, 1.165) is 39.3 Å². The summed E-state index contributed by atoms with van der Waals surface area (Å²) in [5, 5.41) is 4.47. The molecule has 3 aromatic carbocycles. The van der Waals surface area contributed by atoms with Gasteiger partial charge in [0, 0.05) is 28.9 Å². The fraction of sp³-hybridized carbons (Fsp3) is 0.125. The molecule has 152 valence electrons. The van der Waals surface area contributed by atoms with Crippen molar-refractivity contribution >= 4 is 28.8 Å². The number of primary amides is 1. The van der Waals surface area contributed by atoms with Crippen molar-refractivity contribution in [3.05, 3.63) is 89.5 Å². The molecule has 4 aromatic rings. The second-order valence-corrected chi connectivity index (χ2v) is 8.18. The number of aromatic amines is 1. The lowest BCUT2D eigenvalue weighted by atomic mass is 10.1. The van der Waals surface area contributed by atoms with Gasteiger partial charge in [-0.2, -0.15) is 0 Å². The number of hydrogen-bond acceptors (Lipinski definition) is 4. The average Bonchev–Trinajstić information content (AvgIpc) is 3.04. The molecule has 0 fully saturated rings. The van der Waals surface area contributed by atoms with Crippen molar-refractivity contribution in [3.63, 3.8) is 0 Å². The monoisotopic (exact) mass is 417 g/mol. The van der Waals surface area contributed by atoms with Crippen LogP contribution >= 0.6 is 11.8 Å². The van der Waals surface area contributed by atoms with Crippen molar-refractivity contribution in [1.29, 1.82) is 0 Å². The summed E-state index contributed by atoms with van der Waals surface area (Å²) in [5.41, 5.74) is 9.83. The molecule has 1 amide bonds. The number of carbonyl (C=O) groups is 1. The minimum absolute atomic E-state index is 0.372. The lowest BCUT2D eigenvalue weighted by molar-refractivity contribution is 0.208. The van der Waals surface area contributed by atoms with Crippen LogP contribution in [0.2, 0.25) is 0 Å².